The Morgan fingerprint density at radius 1 is 1.15 bits per heavy atom. The third-order valence-corrected chi connectivity index (χ3v) is 7.93. The predicted octanol–water partition coefficient (Wildman–Crippen LogP) is 5.66. The Bertz CT molecular complexity index is 1290. The van der Waals surface area contributed by atoms with Crippen LogP contribution < -0.4 is 10.2 Å². The van der Waals surface area contributed by atoms with Crippen molar-refractivity contribution in [3.8, 4) is 11.3 Å². The SMILES string of the molecule is FC(F)(F)Cc1cc2c(N3CCC4(CC(Nc5ccc(-c6cc[nH]n6)cc5)C4)C3)ncnc2s1. The van der Waals surface area contributed by atoms with Gasteiger partial charge in [0, 0.05) is 41.5 Å². The van der Waals surface area contributed by atoms with Gasteiger partial charge in [0.15, 0.2) is 0 Å². The number of hydrogen-bond acceptors (Lipinski definition) is 6. The highest BCUT2D eigenvalue weighted by Crippen LogP contribution is 2.50. The van der Waals surface area contributed by atoms with E-state index in [1.165, 1.54) is 6.33 Å². The molecule has 2 fully saturated rings. The molecule has 1 saturated carbocycles. The van der Waals surface area contributed by atoms with Gasteiger partial charge in [0.2, 0.25) is 0 Å². The van der Waals surface area contributed by atoms with Crippen LogP contribution in [-0.4, -0.2) is 45.5 Å². The van der Waals surface area contributed by atoms with Crippen LogP contribution in [0.4, 0.5) is 24.7 Å². The van der Waals surface area contributed by atoms with E-state index in [9.17, 15) is 13.2 Å². The van der Waals surface area contributed by atoms with Crippen molar-refractivity contribution in [3.63, 3.8) is 0 Å². The highest BCUT2D eigenvalue weighted by atomic mass is 32.1. The maximum Gasteiger partial charge on any atom is 0.393 e. The molecule has 0 amide bonds. The van der Waals surface area contributed by atoms with Gasteiger partial charge in [0.05, 0.1) is 17.5 Å². The molecule has 2 N–H and O–H groups in total. The van der Waals surface area contributed by atoms with E-state index in [0.29, 0.717) is 10.9 Å². The molecule has 4 aromatic rings. The Morgan fingerprint density at radius 2 is 1.97 bits per heavy atom. The van der Waals surface area contributed by atoms with E-state index in [-0.39, 0.29) is 10.3 Å². The largest absolute Gasteiger partial charge is 0.393 e. The van der Waals surface area contributed by atoms with E-state index in [1.807, 2.05) is 12.3 Å². The summed E-state index contributed by atoms with van der Waals surface area (Å²) in [6.45, 7) is 1.74. The van der Waals surface area contributed by atoms with Crippen LogP contribution >= 0.6 is 11.3 Å². The fourth-order valence-electron chi connectivity index (χ4n) is 5.36. The average molecular weight is 485 g/mol. The minimum absolute atomic E-state index is 0.231. The first-order valence-electron chi connectivity index (χ1n) is 11.3. The van der Waals surface area contributed by atoms with Gasteiger partial charge in [-0.25, -0.2) is 9.97 Å². The zero-order valence-electron chi connectivity index (χ0n) is 18.3. The van der Waals surface area contributed by atoms with Gasteiger partial charge >= 0.3 is 6.18 Å². The number of nitrogens with zero attached hydrogens (tertiary/aromatic N) is 4. The molecule has 1 aromatic carbocycles. The molecule has 10 heteroatoms. The Morgan fingerprint density at radius 3 is 2.71 bits per heavy atom. The lowest BCUT2D eigenvalue weighted by molar-refractivity contribution is -0.126. The van der Waals surface area contributed by atoms with Crippen LogP contribution in [0.1, 0.15) is 24.1 Å². The monoisotopic (exact) mass is 484 g/mol. The number of nitrogens with one attached hydrogen (secondary N) is 2. The molecule has 34 heavy (non-hydrogen) atoms. The summed E-state index contributed by atoms with van der Waals surface area (Å²) in [5.41, 5.74) is 3.33. The third-order valence-electron chi connectivity index (χ3n) is 6.88. The fraction of sp³-hybridized carbons (Fsp3) is 0.375. The molecule has 6 rings (SSSR count). The Labute approximate surface area is 198 Å². The quantitative estimate of drug-likeness (QED) is 0.383. The highest BCUT2D eigenvalue weighted by Gasteiger charge is 2.49. The van der Waals surface area contributed by atoms with E-state index < -0.39 is 12.6 Å². The molecule has 0 radical (unpaired) electrons. The number of thiophene rings is 1. The minimum Gasteiger partial charge on any atom is -0.382 e. The first kappa shape index (κ1) is 21.4. The molecule has 4 heterocycles. The number of H-pyrrole nitrogens is 1. The molecule has 1 aliphatic carbocycles. The normalized spacial score (nSPS) is 22.4. The maximum absolute atomic E-state index is 12.9. The van der Waals surface area contributed by atoms with E-state index in [2.05, 4.69) is 54.6 Å². The summed E-state index contributed by atoms with van der Waals surface area (Å²) in [6, 6.07) is 12.3. The smallest absolute Gasteiger partial charge is 0.382 e. The van der Waals surface area contributed by atoms with E-state index in [1.54, 1.807) is 6.07 Å². The minimum atomic E-state index is -4.22. The van der Waals surface area contributed by atoms with Crippen LogP contribution in [-0.2, 0) is 6.42 Å². The van der Waals surface area contributed by atoms with Crippen LogP contribution in [0.25, 0.3) is 21.5 Å². The third kappa shape index (κ3) is 4.11. The van der Waals surface area contributed by atoms with E-state index in [0.717, 1.165) is 71.8 Å². The summed E-state index contributed by atoms with van der Waals surface area (Å²) >= 11 is 1.10. The lowest BCUT2D eigenvalue weighted by Gasteiger charge is -2.46. The molecule has 0 atom stereocenters. The van der Waals surface area contributed by atoms with Gasteiger partial charge in [-0.3, -0.25) is 5.10 Å². The van der Waals surface area contributed by atoms with E-state index >= 15 is 0 Å². The second kappa shape index (κ2) is 7.97. The maximum atomic E-state index is 12.9. The molecule has 1 aliphatic heterocycles. The zero-order chi connectivity index (χ0) is 23.3. The number of aromatic nitrogens is 4. The van der Waals surface area contributed by atoms with Crippen LogP contribution in [0.2, 0.25) is 0 Å². The summed E-state index contributed by atoms with van der Waals surface area (Å²) in [5, 5.41) is 11.4. The first-order valence-corrected chi connectivity index (χ1v) is 12.1. The zero-order valence-corrected chi connectivity index (χ0v) is 19.1. The van der Waals surface area contributed by atoms with Crippen molar-refractivity contribution in [2.75, 3.05) is 23.3 Å². The number of fused-ring (bicyclic) bond motifs is 1. The lowest BCUT2D eigenvalue weighted by Crippen LogP contribution is -2.46. The Kier molecular flexibility index (Phi) is 5.02. The van der Waals surface area contributed by atoms with Crippen LogP contribution in [0, 0.1) is 5.41 Å². The molecular weight excluding hydrogens is 461 g/mol. The number of hydrogen-bond donors (Lipinski definition) is 2. The summed E-state index contributed by atoms with van der Waals surface area (Å²) < 4.78 is 38.6. The number of rotatable bonds is 5. The van der Waals surface area contributed by atoms with Crippen molar-refractivity contribution >= 4 is 33.1 Å². The van der Waals surface area contributed by atoms with Gasteiger partial charge in [0.1, 0.15) is 17.0 Å². The number of alkyl halides is 3. The van der Waals surface area contributed by atoms with Crippen molar-refractivity contribution < 1.29 is 13.2 Å². The van der Waals surface area contributed by atoms with Crippen molar-refractivity contribution in [3.05, 3.63) is 53.8 Å². The summed E-state index contributed by atoms with van der Waals surface area (Å²) in [6.07, 6.45) is 1.34. The fourth-order valence-corrected chi connectivity index (χ4v) is 6.38. The first-order chi connectivity index (χ1) is 16.4. The van der Waals surface area contributed by atoms with E-state index in [4.69, 9.17) is 0 Å². The molecule has 1 saturated heterocycles. The Hall–Kier alpha value is -3.14. The highest BCUT2D eigenvalue weighted by molar-refractivity contribution is 7.18. The Balaban J connectivity index is 1.10. The molecular formula is C24H23F3N6S. The predicted molar refractivity (Wildman–Crippen MR) is 127 cm³/mol. The van der Waals surface area contributed by atoms with Crippen LogP contribution in [0.5, 0.6) is 0 Å². The molecule has 6 nitrogen and oxygen atoms in total. The molecule has 1 spiro atoms. The second-order valence-corrected chi connectivity index (χ2v) is 10.5. The van der Waals surface area contributed by atoms with Gasteiger partial charge in [-0.05, 0) is 48.9 Å². The number of anilines is 2. The summed E-state index contributed by atoms with van der Waals surface area (Å²) in [7, 11) is 0. The van der Waals surface area contributed by atoms with Crippen molar-refractivity contribution in [2.24, 2.45) is 5.41 Å². The molecule has 176 valence electrons. The van der Waals surface area contributed by atoms with Crippen LogP contribution in [0.15, 0.2) is 48.9 Å². The van der Waals surface area contributed by atoms with Crippen LogP contribution in [0.3, 0.4) is 0 Å². The van der Waals surface area contributed by atoms with Gasteiger partial charge in [-0.1, -0.05) is 12.1 Å². The molecule has 0 bridgehead atoms. The van der Waals surface area contributed by atoms with Gasteiger partial charge in [0.25, 0.3) is 0 Å². The standard InChI is InChI=1S/C24H23F3N6S/c25-24(26,27)12-18-9-19-21(28-14-29-22(19)34-18)33-8-6-23(13-33)10-17(11-23)31-16-3-1-15(2-4-16)20-5-7-30-32-20/h1-5,7,9,14,17,31H,6,8,10-13H2,(H,30,32). The van der Waals surface area contributed by atoms with Gasteiger partial charge in [-0.15, -0.1) is 11.3 Å². The number of halogens is 3. The van der Waals surface area contributed by atoms with Crippen molar-refractivity contribution in [2.45, 2.75) is 37.9 Å². The number of aromatic amines is 1. The summed E-state index contributed by atoms with van der Waals surface area (Å²) in [4.78, 5) is 11.8. The van der Waals surface area contributed by atoms with Gasteiger partial charge < -0.3 is 10.2 Å². The van der Waals surface area contributed by atoms with Gasteiger partial charge in [-0.2, -0.15) is 18.3 Å². The van der Waals surface area contributed by atoms with Crippen molar-refractivity contribution in [1.29, 1.82) is 0 Å². The number of benzene rings is 1. The lowest BCUT2D eigenvalue weighted by atomic mass is 9.65. The molecule has 3 aromatic heterocycles. The topological polar surface area (TPSA) is 69.7 Å². The molecule has 2 aliphatic rings. The molecule has 0 unspecified atom stereocenters. The summed E-state index contributed by atoms with van der Waals surface area (Å²) in [5.74, 6) is 0.761. The van der Waals surface area contributed by atoms with Crippen molar-refractivity contribution in [1.82, 2.24) is 20.2 Å². The second-order valence-electron chi connectivity index (χ2n) is 9.38. The average Bonchev–Trinajstić information content (AvgIpc) is 3.52.